The van der Waals surface area contributed by atoms with E-state index in [1.165, 1.54) is 28.4 Å². The summed E-state index contributed by atoms with van der Waals surface area (Å²) in [7, 11) is 0. The maximum Gasteiger partial charge on any atom is 0.281 e. The van der Waals surface area contributed by atoms with Gasteiger partial charge in [0.1, 0.15) is 18.9 Å². The van der Waals surface area contributed by atoms with E-state index >= 15 is 0 Å². The van der Waals surface area contributed by atoms with Gasteiger partial charge in [-0.3, -0.25) is 10.1 Å². The lowest BCUT2D eigenvalue weighted by molar-refractivity contribution is -0.899. The fourth-order valence-electron chi connectivity index (χ4n) is 2.18. The normalized spacial score (nSPS) is 16.4. The van der Waals surface area contributed by atoms with E-state index < -0.39 is 0 Å². The number of carbonyl (C=O) groups excluding carboxylic acids is 1. The highest BCUT2D eigenvalue weighted by Gasteiger charge is 2.18. The quantitative estimate of drug-likeness (QED) is 0.856. The molecule has 0 radical (unpaired) electrons. The maximum atomic E-state index is 13.1. The minimum absolute atomic E-state index is 0.0681. The molecule has 1 saturated heterocycles. The molecule has 2 N–H and O–H groups in total. The first-order valence-electron chi connectivity index (χ1n) is 6.48. The molecule has 5 nitrogen and oxygen atoms in total. The molecule has 1 aromatic heterocycles. The molecule has 106 valence electrons. The summed E-state index contributed by atoms with van der Waals surface area (Å²) < 4.78 is 19.1. The number of hydrogen-bond acceptors (Lipinski definition) is 4. The molecule has 2 heterocycles. The fourth-order valence-corrected chi connectivity index (χ4v) is 3.09. The zero-order valence-corrected chi connectivity index (χ0v) is 11.6. The minimum atomic E-state index is -0.295. The van der Waals surface area contributed by atoms with Crippen molar-refractivity contribution in [1.82, 2.24) is 4.98 Å². The van der Waals surface area contributed by atoms with Gasteiger partial charge in [0.25, 0.3) is 5.91 Å². The number of nitrogens with one attached hydrogen (secondary N) is 2. The highest BCUT2D eigenvalue weighted by Crippen LogP contribution is 2.26. The van der Waals surface area contributed by atoms with Gasteiger partial charge in [-0.05, 0) is 18.2 Å². The van der Waals surface area contributed by atoms with Crippen LogP contribution >= 0.6 is 11.3 Å². The van der Waals surface area contributed by atoms with E-state index in [4.69, 9.17) is 4.74 Å². The van der Waals surface area contributed by atoms with Crippen molar-refractivity contribution in [3.05, 3.63) is 24.0 Å². The minimum Gasteiger partial charge on any atom is -0.370 e. The predicted octanol–water partition coefficient (Wildman–Crippen LogP) is 0.289. The van der Waals surface area contributed by atoms with Crippen LogP contribution < -0.4 is 10.2 Å². The molecule has 20 heavy (non-hydrogen) atoms. The third-order valence-electron chi connectivity index (χ3n) is 3.21. The summed E-state index contributed by atoms with van der Waals surface area (Å²) in [6, 6.07) is 4.41. The number of aromatic nitrogens is 1. The van der Waals surface area contributed by atoms with E-state index in [0.29, 0.717) is 30.4 Å². The van der Waals surface area contributed by atoms with Crippen molar-refractivity contribution in [1.29, 1.82) is 0 Å². The van der Waals surface area contributed by atoms with Crippen LogP contribution in [-0.2, 0) is 9.53 Å². The molecule has 3 rings (SSSR count). The highest BCUT2D eigenvalue weighted by atomic mass is 32.1. The molecule has 0 unspecified atom stereocenters. The average Bonchev–Trinajstić information content (AvgIpc) is 2.80. The van der Waals surface area contributed by atoms with Crippen molar-refractivity contribution in [2.24, 2.45) is 0 Å². The fraction of sp³-hybridized carbons (Fsp3) is 0.385. The van der Waals surface area contributed by atoms with E-state index in [9.17, 15) is 9.18 Å². The number of morpholine rings is 1. The number of nitrogens with zero attached hydrogens (tertiary/aromatic N) is 1. The van der Waals surface area contributed by atoms with Gasteiger partial charge in [-0.2, -0.15) is 0 Å². The van der Waals surface area contributed by atoms with Gasteiger partial charge in [-0.25, -0.2) is 9.37 Å². The van der Waals surface area contributed by atoms with Crippen LogP contribution in [0, 0.1) is 5.82 Å². The van der Waals surface area contributed by atoms with Gasteiger partial charge in [0.15, 0.2) is 11.7 Å². The van der Waals surface area contributed by atoms with Crippen LogP contribution in [-0.4, -0.2) is 43.7 Å². The Bertz CT molecular complexity index is 625. The molecule has 0 aliphatic carbocycles. The Morgan fingerprint density at radius 3 is 3.05 bits per heavy atom. The Balaban J connectivity index is 1.64. The first-order valence-corrected chi connectivity index (χ1v) is 7.29. The number of anilines is 1. The number of amides is 1. The molecular formula is C13H15FN3O2S+. The Kier molecular flexibility index (Phi) is 3.90. The number of thiazole rings is 1. The summed E-state index contributed by atoms with van der Waals surface area (Å²) in [6.45, 7) is 3.50. The predicted molar refractivity (Wildman–Crippen MR) is 74.6 cm³/mol. The Morgan fingerprint density at radius 2 is 2.25 bits per heavy atom. The van der Waals surface area contributed by atoms with Crippen molar-refractivity contribution in [2.75, 3.05) is 38.2 Å². The second-order valence-corrected chi connectivity index (χ2v) is 5.75. The third kappa shape index (κ3) is 3.12. The summed E-state index contributed by atoms with van der Waals surface area (Å²) in [5.41, 5.74) is 0.699. The van der Waals surface area contributed by atoms with Crippen molar-refractivity contribution < 1.29 is 18.8 Å². The van der Waals surface area contributed by atoms with Gasteiger partial charge in [0, 0.05) is 0 Å². The number of hydrogen-bond donors (Lipinski definition) is 2. The maximum absolute atomic E-state index is 13.1. The molecule has 1 amide bonds. The van der Waals surface area contributed by atoms with Crippen LogP contribution in [0.1, 0.15) is 0 Å². The molecule has 0 atom stereocenters. The first-order chi connectivity index (χ1) is 9.70. The monoisotopic (exact) mass is 296 g/mol. The first kappa shape index (κ1) is 13.4. The molecule has 7 heteroatoms. The van der Waals surface area contributed by atoms with Gasteiger partial charge < -0.3 is 9.64 Å². The number of ether oxygens (including phenoxy) is 1. The molecule has 0 spiro atoms. The second-order valence-electron chi connectivity index (χ2n) is 4.72. The van der Waals surface area contributed by atoms with Crippen molar-refractivity contribution in [3.63, 3.8) is 0 Å². The number of rotatable bonds is 3. The summed E-state index contributed by atoms with van der Waals surface area (Å²) in [5.74, 6) is -0.363. The van der Waals surface area contributed by atoms with Crippen molar-refractivity contribution >= 4 is 32.6 Å². The van der Waals surface area contributed by atoms with Crippen molar-refractivity contribution in [2.45, 2.75) is 0 Å². The lowest BCUT2D eigenvalue weighted by Gasteiger charge is -2.22. The largest absolute Gasteiger partial charge is 0.370 e. The van der Waals surface area contributed by atoms with Crippen LogP contribution in [0.5, 0.6) is 0 Å². The molecule has 0 bridgehead atoms. The summed E-state index contributed by atoms with van der Waals surface area (Å²) >= 11 is 1.28. The highest BCUT2D eigenvalue weighted by molar-refractivity contribution is 7.22. The van der Waals surface area contributed by atoms with Crippen LogP contribution in [0.25, 0.3) is 10.2 Å². The van der Waals surface area contributed by atoms with E-state index in [0.717, 1.165) is 17.8 Å². The number of benzene rings is 1. The van der Waals surface area contributed by atoms with E-state index in [2.05, 4.69) is 10.3 Å². The topological polar surface area (TPSA) is 55.7 Å². The molecule has 0 saturated carbocycles. The summed E-state index contributed by atoms with van der Waals surface area (Å²) in [4.78, 5) is 17.4. The molecule has 1 fully saturated rings. The Hall–Kier alpha value is -1.57. The Labute approximate surface area is 119 Å². The van der Waals surface area contributed by atoms with Crippen LogP contribution in [0.2, 0.25) is 0 Å². The second kappa shape index (κ2) is 5.82. The van der Waals surface area contributed by atoms with Crippen molar-refractivity contribution in [3.8, 4) is 0 Å². The lowest BCUT2D eigenvalue weighted by atomic mass is 10.3. The molecule has 1 aromatic carbocycles. The van der Waals surface area contributed by atoms with E-state index in [1.54, 1.807) is 6.07 Å². The van der Waals surface area contributed by atoms with Crippen LogP contribution in [0.4, 0.5) is 9.52 Å². The zero-order chi connectivity index (χ0) is 13.9. The molecule has 1 aliphatic heterocycles. The van der Waals surface area contributed by atoms with E-state index in [-0.39, 0.29) is 11.7 Å². The standard InChI is InChI=1S/C13H14FN3O2S/c14-9-1-2-10-11(7-9)20-13(15-10)16-12(18)8-17-3-5-19-6-4-17/h1-2,7H,3-6,8H2,(H,15,16,18)/p+1. The number of carbonyl (C=O) groups is 1. The number of quaternary nitrogens is 1. The third-order valence-corrected chi connectivity index (χ3v) is 4.14. The Morgan fingerprint density at radius 1 is 1.45 bits per heavy atom. The van der Waals surface area contributed by atoms with Gasteiger partial charge in [-0.1, -0.05) is 11.3 Å². The average molecular weight is 296 g/mol. The molecular weight excluding hydrogens is 281 g/mol. The van der Waals surface area contributed by atoms with Gasteiger partial charge >= 0.3 is 0 Å². The lowest BCUT2D eigenvalue weighted by Crippen LogP contribution is -3.15. The summed E-state index contributed by atoms with van der Waals surface area (Å²) in [5, 5.41) is 3.30. The van der Waals surface area contributed by atoms with Crippen LogP contribution in [0.3, 0.4) is 0 Å². The SMILES string of the molecule is O=C(C[NH+]1CCOCC1)Nc1nc2ccc(F)cc2s1. The van der Waals surface area contributed by atoms with Gasteiger partial charge in [-0.15, -0.1) is 0 Å². The number of halogens is 1. The van der Waals surface area contributed by atoms with E-state index in [1.807, 2.05) is 0 Å². The zero-order valence-electron chi connectivity index (χ0n) is 10.8. The number of fused-ring (bicyclic) bond motifs is 1. The van der Waals surface area contributed by atoms with Gasteiger partial charge in [0.05, 0.1) is 23.4 Å². The molecule has 2 aromatic rings. The smallest absolute Gasteiger partial charge is 0.281 e. The molecule has 1 aliphatic rings. The summed E-state index contributed by atoms with van der Waals surface area (Å²) in [6.07, 6.45) is 0. The van der Waals surface area contributed by atoms with Crippen LogP contribution in [0.15, 0.2) is 18.2 Å². The van der Waals surface area contributed by atoms with Gasteiger partial charge in [0.2, 0.25) is 0 Å².